The Morgan fingerprint density at radius 3 is 2.84 bits per heavy atom. The minimum atomic E-state index is -0.120. The third-order valence-corrected chi connectivity index (χ3v) is 5.12. The number of carbonyl (C=O) groups excluding carboxylic acids is 1. The van der Waals surface area contributed by atoms with Gasteiger partial charge in [0, 0.05) is 13.5 Å². The Labute approximate surface area is 149 Å². The van der Waals surface area contributed by atoms with Gasteiger partial charge >= 0.3 is 6.03 Å². The molecule has 0 aromatic carbocycles. The summed E-state index contributed by atoms with van der Waals surface area (Å²) in [5, 5.41) is 7.05. The molecule has 1 aliphatic heterocycles. The fourth-order valence-electron chi connectivity index (χ4n) is 3.84. The van der Waals surface area contributed by atoms with Crippen molar-refractivity contribution < 1.29 is 14.1 Å². The highest BCUT2D eigenvalue weighted by molar-refractivity contribution is 5.74. The monoisotopic (exact) mass is 350 g/mol. The molecule has 7 heteroatoms. The van der Waals surface area contributed by atoms with Crippen LogP contribution in [0.2, 0.25) is 0 Å². The van der Waals surface area contributed by atoms with Crippen molar-refractivity contribution in [3.8, 4) is 0 Å². The maximum absolute atomic E-state index is 12.4. The van der Waals surface area contributed by atoms with Crippen molar-refractivity contribution in [3.63, 3.8) is 0 Å². The van der Waals surface area contributed by atoms with Crippen LogP contribution in [0.4, 0.5) is 4.79 Å². The molecule has 25 heavy (non-hydrogen) atoms. The van der Waals surface area contributed by atoms with Crippen molar-refractivity contribution in [3.05, 3.63) is 11.7 Å². The molecule has 3 rings (SSSR count). The zero-order valence-corrected chi connectivity index (χ0v) is 15.6. The zero-order chi connectivity index (χ0) is 17.9. The van der Waals surface area contributed by atoms with E-state index < -0.39 is 0 Å². The van der Waals surface area contributed by atoms with Gasteiger partial charge in [0.1, 0.15) is 6.54 Å². The van der Waals surface area contributed by atoms with Gasteiger partial charge in [-0.05, 0) is 25.2 Å². The Kier molecular flexibility index (Phi) is 5.61. The van der Waals surface area contributed by atoms with Crippen LogP contribution in [0, 0.1) is 5.92 Å². The van der Waals surface area contributed by atoms with Crippen molar-refractivity contribution in [1.29, 1.82) is 0 Å². The van der Waals surface area contributed by atoms with Gasteiger partial charge in [0.05, 0.1) is 18.2 Å². The number of rotatable bonds is 5. The molecule has 1 saturated heterocycles. The lowest BCUT2D eigenvalue weighted by atomic mass is 9.82. The molecule has 1 aliphatic carbocycles. The number of urea groups is 1. The van der Waals surface area contributed by atoms with E-state index in [1.165, 1.54) is 19.3 Å². The van der Waals surface area contributed by atoms with E-state index in [1.54, 1.807) is 11.9 Å². The zero-order valence-electron chi connectivity index (χ0n) is 15.6. The van der Waals surface area contributed by atoms with Crippen molar-refractivity contribution in [2.24, 2.45) is 5.92 Å². The summed E-state index contributed by atoms with van der Waals surface area (Å²) in [6, 6.07) is -0.0303. The van der Waals surface area contributed by atoms with Crippen LogP contribution < -0.4 is 5.32 Å². The number of amides is 2. The molecule has 2 fully saturated rings. The number of nitrogens with one attached hydrogen (secondary N) is 1. The number of carbonyl (C=O) groups is 1. The summed E-state index contributed by atoms with van der Waals surface area (Å²) < 4.78 is 11.3. The van der Waals surface area contributed by atoms with Gasteiger partial charge in [-0.25, -0.2) is 4.79 Å². The van der Waals surface area contributed by atoms with Crippen LogP contribution in [-0.4, -0.2) is 46.4 Å². The first-order chi connectivity index (χ1) is 12.0. The van der Waals surface area contributed by atoms with E-state index in [1.807, 2.05) is 0 Å². The molecule has 1 N–H and O–H groups in total. The summed E-state index contributed by atoms with van der Waals surface area (Å²) in [5.41, 5.74) is 0.00695. The predicted molar refractivity (Wildman–Crippen MR) is 93.0 cm³/mol. The average molecular weight is 350 g/mol. The molecule has 1 atom stereocenters. The van der Waals surface area contributed by atoms with Crippen LogP contribution in [-0.2, 0) is 17.7 Å². The number of nitrogens with zero attached hydrogens (tertiary/aromatic N) is 3. The predicted octanol–water partition coefficient (Wildman–Crippen LogP) is 2.90. The Bertz CT molecular complexity index is 581. The largest absolute Gasteiger partial charge is 0.373 e. The Morgan fingerprint density at radius 1 is 1.36 bits per heavy atom. The molecule has 7 nitrogen and oxygen atoms in total. The highest BCUT2D eigenvalue weighted by Crippen LogP contribution is 2.39. The van der Waals surface area contributed by atoms with Crippen molar-refractivity contribution in [2.75, 3.05) is 13.7 Å². The van der Waals surface area contributed by atoms with Gasteiger partial charge in [-0.1, -0.05) is 38.3 Å². The lowest BCUT2D eigenvalue weighted by molar-refractivity contribution is -0.0246. The quantitative estimate of drug-likeness (QED) is 0.883. The van der Waals surface area contributed by atoms with Gasteiger partial charge in [-0.15, -0.1) is 0 Å². The highest BCUT2D eigenvalue weighted by atomic mass is 16.5. The first kappa shape index (κ1) is 18.2. The van der Waals surface area contributed by atoms with E-state index in [4.69, 9.17) is 9.26 Å². The maximum Gasteiger partial charge on any atom is 0.317 e. The normalized spacial score (nSPS) is 22.5. The molecule has 0 unspecified atom stereocenters. The summed E-state index contributed by atoms with van der Waals surface area (Å²) in [6.45, 7) is 5.14. The van der Waals surface area contributed by atoms with Crippen molar-refractivity contribution in [1.82, 2.24) is 20.4 Å². The first-order valence-corrected chi connectivity index (χ1v) is 9.43. The van der Waals surface area contributed by atoms with Gasteiger partial charge in [-0.2, -0.15) is 4.98 Å². The fraction of sp³-hybridized carbons (Fsp3) is 0.833. The van der Waals surface area contributed by atoms with E-state index in [0.29, 0.717) is 30.8 Å². The van der Waals surface area contributed by atoms with Crippen LogP contribution in [0.3, 0.4) is 0 Å². The second-order valence-corrected chi connectivity index (χ2v) is 7.96. The minimum Gasteiger partial charge on any atom is -0.373 e. The van der Waals surface area contributed by atoms with Crippen molar-refractivity contribution in [2.45, 2.75) is 77.0 Å². The second-order valence-electron chi connectivity index (χ2n) is 7.96. The molecule has 1 saturated carbocycles. The Morgan fingerprint density at radius 2 is 2.12 bits per heavy atom. The fourth-order valence-corrected chi connectivity index (χ4v) is 3.84. The standard InChI is InChI=1S/C18H30N4O3/c1-13(2)9-15-20-16(25-21-15)11-22(3)17(23)19-14-10-18(24-12-14)7-5-4-6-8-18/h13-14H,4-12H2,1-3H3,(H,19,23)/t14-/m1/s1. The molecular weight excluding hydrogens is 320 g/mol. The summed E-state index contributed by atoms with van der Waals surface area (Å²) in [4.78, 5) is 18.4. The van der Waals surface area contributed by atoms with Crippen LogP contribution in [0.25, 0.3) is 0 Å². The van der Waals surface area contributed by atoms with Gasteiger partial charge in [0.25, 0.3) is 0 Å². The molecule has 2 aliphatic rings. The smallest absolute Gasteiger partial charge is 0.317 e. The van der Waals surface area contributed by atoms with Gasteiger partial charge in [-0.3, -0.25) is 0 Å². The van der Waals surface area contributed by atoms with E-state index in [-0.39, 0.29) is 17.7 Å². The highest BCUT2D eigenvalue weighted by Gasteiger charge is 2.41. The topological polar surface area (TPSA) is 80.5 Å². The van der Waals surface area contributed by atoms with E-state index in [0.717, 1.165) is 25.7 Å². The van der Waals surface area contributed by atoms with Crippen molar-refractivity contribution >= 4 is 6.03 Å². The third kappa shape index (κ3) is 4.71. The molecule has 140 valence electrons. The van der Waals surface area contributed by atoms with E-state index >= 15 is 0 Å². The summed E-state index contributed by atoms with van der Waals surface area (Å²) >= 11 is 0. The van der Waals surface area contributed by atoms with Crippen LogP contribution in [0.1, 0.15) is 64.1 Å². The molecule has 1 spiro atoms. The minimum absolute atomic E-state index is 0.00695. The molecule has 1 aromatic heterocycles. The maximum atomic E-state index is 12.4. The summed E-state index contributed by atoms with van der Waals surface area (Å²) in [7, 11) is 1.74. The van der Waals surface area contributed by atoms with Crippen LogP contribution in [0.15, 0.2) is 4.52 Å². The van der Waals surface area contributed by atoms with Gasteiger partial charge < -0.3 is 19.5 Å². The van der Waals surface area contributed by atoms with Crippen LogP contribution in [0.5, 0.6) is 0 Å². The number of aromatic nitrogens is 2. The number of ether oxygens (including phenoxy) is 1. The lowest BCUT2D eigenvalue weighted by Crippen LogP contribution is -2.43. The van der Waals surface area contributed by atoms with E-state index in [9.17, 15) is 4.79 Å². The van der Waals surface area contributed by atoms with Gasteiger partial charge in [0.2, 0.25) is 5.89 Å². The molecule has 2 amide bonds. The summed E-state index contributed by atoms with van der Waals surface area (Å²) in [6.07, 6.45) is 7.71. The molecule has 0 radical (unpaired) electrons. The van der Waals surface area contributed by atoms with E-state index in [2.05, 4.69) is 29.3 Å². The SMILES string of the molecule is CC(C)Cc1noc(CN(C)C(=O)N[C@H]2COC3(CCCCC3)C2)n1. The summed E-state index contributed by atoms with van der Waals surface area (Å²) in [5.74, 6) is 1.64. The Hall–Kier alpha value is -1.63. The molecule has 2 heterocycles. The third-order valence-electron chi connectivity index (χ3n) is 5.12. The average Bonchev–Trinajstić information content (AvgIpc) is 3.15. The molecular formula is C18H30N4O3. The first-order valence-electron chi connectivity index (χ1n) is 9.43. The lowest BCUT2D eigenvalue weighted by Gasteiger charge is -2.32. The Balaban J connectivity index is 1.47. The second kappa shape index (κ2) is 7.72. The molecule has 1 aromatic rings. The van der Waals surface area contributed by atoms with Crippen LogP contribution >= 0.6 is 0 Å². The van der Waals surface area contributed by atoms with Gasteiger partial charge in [0.15, 0.2) is 5.82 Å². The number of hydrogen-bond donors (Lipinski definition) is 1. The molecule has 0 bridgehead atoms. The number of hydrogen-bond acceptors (Lipinski definition) is 5.